The van der Waals surface area contributed by atoms with Crippen molar-refractivity contribution in [2.24, 2.45) is 0 Å². The first-order valence-electron chi connectivity index (χ1n) is 8.23. The highest BCUT2D eigenvalue weighted by molar-refractivity contribution is 5.94. The van der Waals surface area contributed by atoms with Crippen molar-refractivity contribution in [1.29, 1.82) is 0 Å². The van der Waals surface area contributed by atoms with Gasteiger partial charge in [0, 0.05) is 24.6 Å². The second-order valence-corrected chi connectivity index (χ2v) is 7.57. The Morgan fingerprint density at radius 3 is 2.50 bits per heavy atom. The zero-order valence-corrected chi connectivity index (χ0v) is 15.6. The first-order valence-corrected chi connectivity index (χ1v) is 8.23. The lowest BCUT2D eigenvalue weighted by molar-refractivity contribution is 0.0781. The molecule has 1 N–H and O–H groups in total. The standard InChI is InChI=1S/C18H27N5O/c1-11(2)16-19-9-14(12(3)20-16)17(24)23(7)10-13-8-15(22-21-13)18(4,5)6/h8-9,11H,10H2,1-7H3,(H,21,22). The highest BCUT2D eigenvalue weighted by Crippen LogP contribution is 2.21. The van der Waals surface area contributed by atoms with Crippen LogP contribution in [0, 0.1) is 6.92 Å². The second kappa shape index (κ2) is 6.71. The van der Waals surface area contributed by atoms with Gasteiger partial charge in [-0.15, -0.1) is 0 Å². The molecular formula is C18H27N5O. The Hall–Kier alpha value is -2.24. The first kappa shape index (κ1) is 18.1. The van der Waals surface area contributed by atoms with Gasteiger partial charge < -0.3 is 4.90 Å². The third-order valence-electron chi connectivity index (χ3n) is 3.90. The third kappa shape index (κ3) is 3.99. The van der Waals surface area contributed by atoms with Crippen molar-refractivity contribution in [3.8, 4) is 0 Å². The number of rotatable bonds is 4. The fourth-order valence-electron chi connectivity index (χ4n) is 2.33. The number of aryl methyl sites for hydroxylation is 1. The summed E-state index contributed by atoms with van der Waals surface area (Å²) in [6.45, 7) is 12.7. The van der Waals surface area contributed by atoms with Crippen LogP contribution in [0.3, 0.4) is 0 Å². The van der Waals surface area contributed by atoms with E-state index in [1.165, 1.54) is 0 Å². The molecule has 130 valence electrons. The van der Waals surface area contributed by atoms with Gasteiger partial charge in [0.15, 0.2) is 0 Å². The van der Waals surface area contributed by atoms with Crippen molar-refractivity contribution < 1.29 is 4.79 Å². The van der Waals surface area contributed by atoms with Gasteiger partial charge in [-0.1, -0.05) is 34.6 Å². The smallest absolute Gasteiger partial charge is 0.257 e. The number of amides is 1. The van der Waals surface area contributed by atoms with Crippen LogP contribution in [0.15, 0.2) is 12.3 Å². The zero-order valence-electron chi connectivity index (χ0n) is 15.6. The monoisotopic (exact) mass is 329 g/mol. The van der Waals surface area contributed by atoms with E-state index in [2.05, 4.69) is 40.9 Å². The molecule has 0 fully saturated rings. The number of hydrogen-bond donors (Lipinski definition) is 1. The summed E-state index contributed by atoms with van der Waals surface area (Å²) in [6, 6.07) is 2.01. The summed E-state index contributed by atoms with van der Waals surface area (Å²) in [6.07, 6.45) is 1.63. The molecule has 0 spiro atoms. The van der Waals surface area contributed by atoms with Crippen molar-refractivity contribution in [3.63, 3.8) is 0 Å². The third-order valence-corrected chi connectivity index (χ3v) is 3.90. The zero-order chi connectivity index (χ0) is 18.1. The van der Waals surface area contributed by atoms with Crippen LogP contribution in [0.2, 0.25) is 0 Å². The van der Waals surface area contributed by atoms with Crippen LogP contribution in [-0.2, 0) is 12.0 Å². The Bertz CT molecular complexity index is 727. The minimum atomic E-state index is -0.0882. The van der Waals surface area contributed by atoms with E-state index in [9.17, 15) is 4.79 Å². The van der Waals surface area contributed by atoms with Crippen LogP contribution in [0.4, 0.5) is 0 Å². The predicted molar refractivity (Wildman–Crippen MR) is 93.9 cm³/mol. The number of aromatic nitrogens is 4. The number of carbonyl (C=O) groups excluding carboxylic acids is 1. The Labute approximate surface area is 143 Å². The van der Waals surface area contributed by atoms with E-state index in [-0.39, 0.29) is 17.2 Å². The lowest BCUT2D eigenvalue weighted by Crippen LogP contribution is -2.27. The molecule has 0 saturated heterocycles. The van der Waals surface area contributed by atoms with Crippen molar-refractivity contribution in [2.45, 2.75) is 59.4 Å². The number of aromatic amines is 1. The van der Waals surface area contributed by atoms with Crippen molar-refractivity contribution in [3.05, 3.63) is 40.7 Å². The number of nitrogens with zero attached hydrogens (tertiary/aromatic N) is 4. The average molecular weight is 329 g/mol. The Kier molecular flexibility index (Phi) is 5.06. The molecule has 0 atom stereocenters. The molecule has 0 aromatic carbocycles. The predicted octanol–water partition coefficient (Wildman–Crippen LogP) is 3.20. The molecule has 2 aromatic rings. The maximum atomic E-state index is 12.7. The normalized spacial score (nSPS) is 11.8. The molecule has 24 heavy (non-hydrogen) atoms. The quantitative estimate of drug-likeness (QED) is 0.934. The first-order chi connectivity index (χ1) is 11.1. The lowest BCUT2D eigenvalue weighted by atomic mass is 9.92. The molecule has 2 aromatic heterocycles. The largest absolute Gasteiger partial charge is 0.336 e. The molecule has 0 saturated carbocycles. The highest BCUT2D eigenvalue weighted by Gasteiger charge is 2.20. The number of hydrogen-bond acceptors (Lipinski definition) is 4. The van der Waals surface area contributed by atoms with E-state index in [1.807, 2.05) is 26.8 Å². The van der Waals surface area contributed by atoms with Crippen molar-refractivity contribution in [2.75, 3.05) is 7.05 Å². The SMILES string of the molecule is Cc1nc(C(C)C)ncc1C(=O)N(C)Cc1cc(C(C)(C)C)n[nH]1. The molecule has 6 heteroatoms. The molecule has 0 aliphatic rings. The van der Waals surface area contributed by atoms with Gasteiger partial charge in [0.2, 0.25) is 0 Å². The molecule has 2 heterocycles. The molecule has 0 aliphatic heterocycles. The van der Waals surface area contributed by atoms with Gasteiger partial charge in [-0.2, -0.15) is 5.10 Å². The summed E-state index contributed by atoms with van der Waals surface area (Å²) in [5, 5.41) is 7.35. The molecule has 0 aliphatic carbocycles. The Balaban J connectivity index is 2.14. The average Bonchev–Trinajstić information content (AvgIpc) is 2.95. The maximum absolute atomic E-state index is 12.7. The molecule has 1 amide bonds. The van der Waals surface area contributed by atoms with Crippen LogP contribution in [0.5, 0.6) is 0 Å². The Morgan fingerprint density at radius 1 is 1.33 bits per heavy atom. The van der Waals surface area contributed by atoms with E-state index >= 15 is 0 Å². The summed E-state index contributed by atoms with van der Waals surface area (Å²) in [5.74, 6) is 0.913. The van der Waals surface area contributed by atoms with Crippen LogP contribution < -0.4 is 0 Å². The van der Waals surface area contributed by atoms with Crippen LogP contribution in [0.1, 0.15) is 73.8 Å². The van der Waals surface area contributed by atoms with Crippen LogP contribution in [0.25, 0.3) is 0 Å². The maximum Gasteiger partial charge on any atom is 0.257 e. The van der Waals surface area contributed by atoms with Gasteiger partial charge in [0.25, 0.3) is 5.91 Å². The second-order valence-electron chi connectivity index (χ2n) is 7.57. The van der Waals surface area contributed by atoms with E-state index in [0.717, 1.165) is 17.2 Å². The fourth-order valence-corrected chi connectivity index (χ4v) is 2.33. The van der Waals surface area contributed by atoms with Crippen LogP contribution >= 0.6 is 0 Å². The van der Waals surface area contributed by atoms with Gasteiger partial charge in [-0.05, 0) is 13.0 Å². The summed E-state index contributed by atoms with van der Waals surface area (Å²) >= 11 is 0. The van der Waals surface area contributed by atoms with E-state index < -0.39 is 0 Å². The lowest BCUT2D eigenvalue weighted by Gasteiger charge is -2.17. The minimum absolute atomic E-state index is 0.0194. The highest BCUT2D eigenvalue weighted by atomic mass is 16.2. The topological polar surface area (TPSA) is 74.8 Å². The molecule has 0 bridgehead atoms. The van der Waals surface area contributed by atoms with Crippen LogP contribution in [-0.4, -0.2) is 38.0 Å². The van der Waals surface area contributed by atoms with Gasteiger partial charge in [-0.3, -0.25) is 9.89 Å². The van der Waals surface area contributed by atoms with Gasteiger partial charge >= 0.3 is 0 Å². The molecule has 0 unspecified atom stereocenters. The van der Waals surface area contributed by atoms with E-state index in [0.29, 0.717) is 17.8 Å². The van der Waals surface area contributed by atoms with Gasteiger partial charge in [0.05, 0.1) is 29.2 Å². The van der Waals surface area contributed by atoms with Crippen molar-refractivity contribution in [1.82, 2.24) is 25.1 Å². The fraction of sp³-hybridized carbons (Fsp3) is 0.556. The Morgan fingerprint density at radius 2 is 2.00 bits per heavy atom. The number of nitrogens with one attached hydrogen (secondary N) is 1. The minimum Gasteiger partial charge on any atom is -0.336 e. The van der Waals surface area contributed by atoms with E-state index in [1.54, 1.807) is 18.1 Å². The van der Waals surface area contributed by atoms with E-state index in [4.69, 9.17) is 0 Å². The number of carbonyl (C=O) groups is 1. The number of H-pyrrole nitrogens is 1. The molecule has 2 rings (SSSR count). The summed E-state index contributed by atoms with van der Waals surface area (Å²) in [5.41, 5.74) is 3.13. The van der Waals surface area contributed by atoms with Gasteiger partial charge in [0.1, 0.15) is 5.82 Å². The summed E-state index contributed by atoms with van der Waals surface area (Å²) < 4.78 is 0. The van der Waals surface area contributed by atoms with Crippen molar-refractivity contribution >= 4 is 5.91 Å². The molecule has 0 radical (unpaired) electrons. The van der Waals surface area contributed by atoms with Gasteiger partial charge in [-0.25, -0.2) is 9.97 Å². The summed E-state index contributed by atoms with van der Waals surface area (Å²) in [7, 11) is 1.77. The molecular weight excluding hydrogens is 302 g/mol. The molecule has 6 nitrogen and oxygen atoms in total. The summed E-state index contributed by atoms with van der Waals surface area (Å²) in [4.78, 5) is 23.1.